The third-order valence-electron chi connectivity index (χ3n) is 3.69. The molecule has 0 aromatic rings. The van der Waals surface area contributed by atoms with E-state index in [1.54, 1.807) is 0 Å². The van der Waals surface area contributed by atoms with E-state index in [4.69, 9.17) is 4.74 Å². The minimum absolute atomic E-state index is 0.264. The molecule has 3 nitrogen and oxygen atoms in total. The average Bonchev–Trinajstić information content (AvgIpc) is 2.27. The highest BCUT2D eigenvalue weighted by Crippen LogP contribution is 2.17. The van der Waals surface area contributed by atoms with Gasteiger partial charge in [0.1, 0.15) is 0 Å². The lowest BCUT2D eigenvalue weighted by molar-refractivity contribution is 0.0645. The summed E-state index contributed by atoms with van der Waals surface area (Å²) in [7, 11) is 0. The van der Waals surface area contributed by atoms with Crippen LogP contribution < -0.4 is 5.32 Å². The highest BCUT2D eigenvalue weighted by Gasteiger charge is 2.30. The largest absolute Gasteiger partial charge is 0.379 e. The van der Waals surface area contributed by atoms with Crippen molar-refractivity contribution in [2.24, 2.45) is 0 Å². The minimum Gasteiger partial charge on any atom is -0.379 e. The summed E-state index contributed by atoms with van der Waals surface area (Å²) in [6.07, 6.45) is 4.04. The van der Waals surface area contributed by atoms with Gasteiger partial charge in [0.15, 0.2) is 0 Å². The zero-order valence-corrected chi connectivity index (χ0v) is 13.0. The van der Waals surface area contributed by atoms with Gasteiger partial charge >= 0.3 is 0 Å². The van der Waals surface area contributed by atoms with Gasteiger partial charge in [-0.1, -0.05) is 6.92 Å². The molecule has 1 unspecified atom stereocenters. The molecular weight excluding hydrogens is 224 g/mol. The first-order chi connectivity index (χ1) is 8.44. The molecule has 3 heteroatoms. The Morgan fingerprint density at radius 3 is 2.67 bits per heavy atom. The topological polar surface area (TPSA) is 24.5 Å². The number of rotatable bonds is 7. The van der Waals surface area contributed by atoms with E-state index >= 15 is 0 Å². The standard InChI is InChI=1S/C15H32N2O/c1-6-14-11-16-15(4,5)12-17(14)9-7-8-10-18-13(2)3/h13-14,16H,6-12H2,1-5H3. The third kappa shape index (κ3) is 5.68. The molecule has 0 radical (unpaired) electrons. The monoisotopic (exact) mass is 256 g/mol. The predicted octanol–water partition coefficient (Wildman–Crippen LogP) is 2.65. The second-order valence-electron chi connectivity index (χ2n) is 6.42. The van der Waals surface area contributed by atoms with Crippen molar-refractivity contribution in [2.45, 2.75) is 71.6 Å². The van der Waals surface area contributed by atoms with Crippen LogP contribution in [-0.4, -0.2) is 48.8 Å². The lowest BCUT2D eigenvalue weighted by Crippen LogP contribution is -2.61. The Bertz CT molecular complexity index is 229. The van der Waals surface area contributed by atoms with E-state index in [1.807, 2.05) is 0 Å². The molecule has 0 aromatic carbocycles. The van der Waals surface area contributed by atoms with Crippen molar-refractivity contribution in [3.8, 4) is 0 Å². The van der Waals surface area contributed by atoms with Gasteiger partial charge in [0.05, 0.1) is 6.10 Å². The van der Waals surface area contributed by atoms with Crippen LogP contribution in [0, 0.1) is 0 Å². The highest BCUT2D eigenvalue weighted by atomic mass is 16.5. The van der Waals surface area contributed by atoms with Gasteiger partial charge in [0.25, 0.3) is 0 Å². The average molecular weight is 256 g/mol. The maximum absolute atomic E-state index is 5.59. The second kappa shape index (κ2) is 7.46. The number of piperazine rings is 1. The van der Waals surface area contributed by atoms with Gasteiger partial charge in [-0.25, -0.2) is 0 Å². The maximum atomic E-state index is 5.59. The molecule has 0 saturated carbocycles. The van der Waals surface area contributed by atoms with Crippen LogP contribution in [0.25, 0.3) is 0 Å². The Morgan fingerprint density at radius 2 is 2.06 bits per heavy atom. The molecule has 18 heavy (non-hydrogen) atoms. The number of hydrogen-bond acceptors (Lipinski definition) is 3. The van der Waals surface area contributed by atoms with E-state index < -0.39 is 0 Å². The summed E-state index contributed by atoms with van der Waals surface area (Å²) < 4.78 is 5.59. The molecule has 1 saturated heterocycles. The number of unbranched alkanes of at least 4 members (excludes halogenated alkanes) is 1. The Labute approximate surface area is 113 Å². The van der Waals surface area contributed by atoms with Crippen LogP contribution in [0.4, 0.5) is 0 Å². The molecule has 0 aromatic heterocycles. The summed E-state index contributed by atoms with van der Waals surface area (Å²) in [5, 5.41) is 3.64. The first-order valence-corrected chi connectivity index (χ1v) is 7.55. The second-order valence-corrected chi connectivity index (χ2v) is 6.42. The maximum Gasteiger partial charge on any atom is 0.0518 e. The molecule has 1 heterocycles. The Kier molecular flexibility index (Phi) is 6.61. The van der Waals surface area contributed by atoms with Crippen molar-refractivity contribution in [1.82, 2.24) is 10.2 Å². The van der Waals surface area contributed by atoms with Gasteiger partial charge in [-0.15, -0.1) is 0 Å². The van der Waals surface area contributed by atoms with Crippen LogP contribution in [0.3, 0.4) is 0 Å². The van der Waals surface area contributed by atoms with Gasteiger partial charge in [-0.05, 0) is 53.5 Å². The highest BCUT2D eigenvalue weighted by molar-refractivity contribution is 4.91. The van der Waals surface area contributed by atoms with E-state index in [-0.39, 0.29) is 5.54 Å². The van der Waals surface area contributed by atoms with Crippen LogP contribution >= 0.6 is 0 Å². The van der Waals surface area contributed by atoms with Crippen molar-refractivity contribution in [3.05, 3.63) is 0 Å². The van der Waals surface area contributed by atoms with Crippen molar-refractivity contribution in [3.63, 3.8) is 0 Å². The lowest BCUT2D eigenvalue weighted by Gasteiger charge is -2.44. The summed E-state index contributed by atoms with van der Waals surface area (Å²) in [4.78, 5) is 2.66. The number of hydrogen-bond donors (Lipinski definition) is 1. The molecule has 1 atom stereocenters. The number of nitrogens with zero attached hydrogens (tertiary/aromatic N) is 1. The Balaban J connectivity index is 2.24. The van der Waals surface area contributed by atoms with Crippen LogP contribution in [0.5, 0.6) is 0 Å². The zero-order chi connectivity index (χ0) is 13.6. The van der Waals surface area contributed by atoms with E-state index in [0.717, 1.165) is 19.7 Å². The normalized spacial score (nSPS) is 24.7. The summed E-state index contributed by atoms with van der Waals surface area (Å²) in [5.74, 6) is 0. The van der Waals surface area contributed by atoms with Gasteiger partial charge < -0.3 is 10.1 Å². The molecule has 1 N–H and O–H groups in total. The molecule has 108 valence electrons. The molecule has 0 spiro atoms. The SMILES string of the molecule is CCC1CNC(C)(C)CN1CCCCOC(C)C. The summed E-state index contributed by atoms with van der Waals surface area (Å²) >= 11 is 0. The van der Waals surface area contributed by atoms with E-state index in [2.05, 4.69) is 44.8 Å². The van der Waals surface area contributed by atoms with Crippen molar-refractivity contribution in [2.75, 3.05) is 26.2 Å². The zero-order valence-electron chi connectivity index (χ0n) is 13.0. The quantitative estimate of drug-likeness (QED) is 0.709. The number of nitrogens with one attached hydrogen (secondary N) is 1. The van der Waals surface area contributed by atoms with Crippen LogP contribution in [0.15, 0.2) is 0 Å². The molecular formula is C15H32N2O. The third-order valence-corrected chi connectivity index (χ3v) is 3.69. The van der Waals surface area contributed by atoms with Crippen LogP contribution in [0.2, 0.25) is 0 Å². The lowest BCUT2D eigenvalue weighted by atomic mass is 9.97. The molecule has 1 aliphatic heterocycles. The van der Waals surface area contributed by atoms with E-state index in [9.17, 15) is 0 Å². The fraction of sp³-hybridized carbons (Fsp3) is 1.00. The van der Waals surface area contributed by atoms with Crippen molar-refractivity contribution >= 4 is 0 Å². The summed E-state index contributed by atoms with van der Waals surface area (Å²) in [6, 6.07) is 0.712. The molecule has 0 aliphatic carbocycles. The van der Waals surface area contributed by atoms with Crippen LogP contribution in [0.1, 0.15) is 53.9 Å². The molecule has 0 amide bonds. The summed E-state index contributed by atoms with van der Waals surface area (Å²) in [6.45, 7) is 15.5. The minimum atomic E-state index is 0.264. The summed E-state index contributed by atoms with van der Waals surface area (Å²) in [5.41, 5.74) is 0.264. The predicted molar refractivity (Wildman–Crippen MR) is 78.1 cm³/mol. The van der Waals surface area contributed by atoms with E-state index in [0.29, 0.717) is 12.1 Å². The molecule has 1 rings (SSSR count). The fourth-order valence-electron chi connectivity index (χ4n) is 2.62. The first-order valence-electron chi connectivity index (χ1n) is 7.55. The molecule has 1 fully saturated rings. The van der Waals surface area contributed by atoms with Gasteiger partial charge in [0, 0.05) is 31.3 Å². The van der Waals surface area contributed by atoms with Gasteiger partial charge in [0.2, 0.25) is 0 Å². The smallest absolute Gasteiger partial charge is 0.0518 e. The molecule has 0 bridgehead atoms. The Morgan fingerprint density at radius 1 is 1.33 bits per heavy atom. The van der Waals surface area contributed by atoms with E-state index in [1.165, 1.54) is 25.8 Å². The van der Waals surface area contributed by atoms with Gasteiger partial charge in [-0.2, -0.15) is 0 Å². The van der Waals surface area contributed by atoms with Crippen LogP contribution in [-0.2, 0) is 4.74 Å². The Hall–Kier alpha value is -0.120. The molecule has 1 aliphatic rings. The van der Waals surface area contributed by atoms with Crippen molar-refractivity contribution < 1.29 is 4.74 Å². The van der Waals surface area contributed by atoms with Gasteiger partial charge in [-0.3, -0.25) is 4.90 Å². The number of ether oxygens (including phenoxy) is 1. The first kappa shape index (κ1) is 15.9. The van der Waals surface area contributed by atoms with Crippen molar-refractivity contribution in [1.29, 1.82) is 0 Å². The fourth-order valence-corrected chi connectivity index (χ4v) is 2.62.